The van der Waals surface area contributed by atoms with Crippen LogP contribution in [0.2, 0.25) is 0 Å². The second-order valence-electron chi connectivity index (χ2n) is 5.44. The Morgan fingerprint density at radius 2 is 1.58 bits per heavy atom. The van der Waals surface area contributed by atoms with Crippen LogP contribution in [0, 0.1) is 0 Å². The van der Waals surface area contributed by atoms with Crippen LogP contribution in [0.3, 0.4) is 0 Å². The summed E-state index contributed by atoms with van der Waals surface area (Å²) in [4.78, 5) is 27.0. The van der Waals surface area contributed by atoms with Gasteiger partial charge in [-0.15, -0.1) is 0 Å². The van der Waals surface area contributed by atoms with Crippen LogP contribution in [0.4, 0.5) is 0 Å². The molecular formula is C18H16BrN3O2. The molecule has 6 heteroatoms. The van der Waals surface area contributed by atoms with Gasteiger partial charge in [-0.3, -0.25) is 20.4 Å². The molecular weight excluding hydrogens is 370 g/mol. The van der Waals surface area contributed by atoms with E-state index < -0.39 is 0 Å². The topological polar surface area (TPSA) is 74.0 Å². The summed E-state index contributed by atoms with van der Waals surface area (Å²) < 4.78 is 0.957. The molecule has 0 aliphatic heterocycles. The molecule has 1 aromatic heterocycles. The van der Waals surface area contributed by atoms with Gasteiger partial charge in [0.05, 0.1) is 12.8 Å². The number of fused-ring (bicyclic) bond motifs is 1. The number of aromatic amines is 1. The molecule has 0 aliphatic rings. The number of benzene rings is 2. The Kier molecular flexibility index (Phi) is 4.96. The number of hydrogen-bond acceptors (Lipinski definition) is 2. The van der Waals surface area contributed by atoms with Crippen molar-refractivity contribution in [2.75, 3.05) is 0 Å². The maximum Gasteiger partial charge on any atom is 0.242 e. The summed E-state index contributed by atoms with van der Waals surface area (Å²) in [6.07, 6.45) is 2.22. The Bertz CT molecular complexity index is 871. The van der Waals surface area contributed by atoms with Crippen LogP contribution >= 0.6 is 15.9 Å². The van der Waals surface area contributed by atoms with Crippen molar-refractivity contribution in [3.8, 4) is 0 Å². The number of carbonyl (C=O) groups is 2. The normalized spacial score (nSPS) is 10.5. The molecule has 0 saturated carbocycles. The molecule has 0 saturated heterocycles. The molecule has 5 nitrogen and oxygen atoms in total. The minimum atomic E-state index is -0.260. The van der Waals surface area contributed by atoms with E-state index in [0.29, 0.717) is 0 Å². The van der Waals surface area contributed by atoms with Crippen LogP contribution in [0.5, 0.6) is 0 Å². The van der Waals surface area contributed by atoms with E-state index in [0.717, 1.165) is 26.5 Å². The molecule has 2 aromatic carbocycles. The Labute approximate surface area is 147 Å². The van der Waals surface area contributed by atoms with Gasteiger partial charge in [-0.25, -0.2) is 0 Å². The maximum absolute atomic E-state index is 12.0. The summed E-state index contributed by atoms with van der Waals surface area (Å²) in [6, 6.07) is 15.2. The number of halogens is 1. The highest BCUT2D eigenvalue weighted by Gasteiger charge is 2.10. The molecule has 0 atom stereocenters. The van der Waals surface area contributed by atoms with Crippen molar-refractivity contribution < 1.29 is 9.59 Å². The van der Waals surface area contributed by atoms with E-state index in [4.69, 9.17) is 0 Å². The number of aromatic nitrogens is 1. The van der Waals surface area contributed by atoms with Gasteiger partial charge >= 0.3 is 0 Å². The molecule has 122 valence electrons. The molecule has 0 fully saturated rings. The molecule has 0 aliphatic carbocycles. The second-order valence-corrected chi connectivity index (χ2v) is 6.35. The van der Waals surface area contributed by atoms with Gasteiger partial charge < -0.3 is 4.98 Å². The first kappa shape index (κ1) is 16.3. The third kappa shape index (κ3) is 4.02. The highest BCUT2D eigenvalue weighted by molar-refractivity contribution is 9.10. The highest BCUT2D eigenvalue weighted by Crippen LogP contribution is 2.17. The first-order valence-electron chi connectivity index (χ1n) is 7.49. The molecule has 0 bridgehead atoms. The zero-order valence-electron chi connectivity index (χ0n) is 12.8. The molecule has 3 rings (SSSR count). The monoisotopic (exact) mass is 385 g/mol. The van der Waals surface area contributed by atoms with E-state index in [9.17, 15) is 9.59 Å². The maximum atomic E-state index is 12.0. The summed E-state index contributed by atoms with van der Waals surface area (Å²) in [7, 11) is 0. The van der Waals surface area contributed by atoms with Crippen molar-refractivity contribution in [2.24, 2.45) is 0 Å². The average Bonchev–Trinajstić information content (AvgIpc) is 2.98. The predicted octanol–water partition coefficient (Wildman–Crippen LogP) is 2.86. The van der Waals surface area contributed by atoms with E-state index in [2.05, 4.69) is 31.8 Å². The average molecular weight is 386 g/mol. The largest absolute Gasteiger partial charge is 0.361 e. The first-order valence-corrected chi connectivity index (χ1v) is 8.28. The first-order chi connectivity index (χ1) is 11.6. The summed E-state index contributed by atoms with van der Waals surface area (Å²) in [5.74, 6) is -0.520. The zero-order chi connectivity index (χ0) is 16.9. The van der Waals surface area contributed by atoms with Crippen LogP contribution in [0.25, 0.3) is 10.9 Å². The molecule has 1 heterocycles. The van der Waals surface area contributed by atoms with E-state index in [-0.39, 0.29) is 24.7 Å². The number of hydrazine groups is 1. The van der Waals surface area contributed by atoms with Gasteiger partial charge in [0.25, 0.3) is 0 Å². The quantitative estimate of drug-likeness (QED) is 0.604. The third-order valence-corrected chi connectivity index (χ3v) is 4.17. The fraction of sp³-hybridized carbons (Fsp3) is 0.111. The van der Waals surface area contributed by atoms with E-state index >= 15 is 0 Å². The van der Waals surface area contributed by atoms with E-state index in [1.807, 2.05) is 54.7 Å². The fourth-order valence-electron chi connectivity index (χ4n) is 2.47. The van der Waals surface area contributed by atoms with Crippen molar-refractivity contribution in [3.63, 3.8) is 0 Å². The number of hydrogen-bond donors (Lipinski definition) is 3. The SMILES string of the molecule is O=C(Cc1ccc(Br)cc1)NNC(=O)Cc1c[nH]c2ccccc12. The molecule has 2 amide bonds. The van der Waals surface area contributed by atoms with Crippen LogP contribution in [0.15, 0.2) is 59.2 Å². The number of carbonyl (C=O) groups excluding carboxylic acids is 2. The summed E-state index contributed by atoms with van der Waals surface area (Å²) in [5.41, 5.74) is 7.66. The van der Waals surface area contributed by atoms with Crippen molar-refractivity contribution in [1.29, 1.82) is 0 Å². The minimum Gasteiger partial charge on any atom is -0.361 e. The number of amides is 2. The number of nitrogens with one attached hydrogen (secondary N) is 3. The molecule has 24 heavy (non-hydrogen) atoms. The highest BCUT2D eigenvalue weighted by atomic mass is 79.9. The fourth-order valence-corrected chi connectivity index (χ4v) is 2.73. The van der Waals surface area contributed by atoms with Crippen molar-refractivity contribution in [1.82, 2.24) is 15.8 Å². The molecule has 3 N–H and O–H groups in total. The standard InChI is InChI=1S/C18H16BrN3O2/c19-14-7-5-12(6-8-14)9-17(23)21-22-18(24)10-13-11-20-16-4-2-1-3-15(13)16/h1-8,11,20H,9-10H2,(H,21,23)(H,22,24). The van der Waals surface area contributed by atoms with Gasteiger partial charge in [0.1, 0.15) is 0 Å². The van der Waals surface area contributed by atoms with Crippen molar-refractivity contribution >= 4 is 38.6 Å². The zero-order valence-corrected chi connectivity index (χ0v) is 14.4. The van der Waals surface area contributed by atoms with Crippen LogP contribution in [0.1, 0.15) is 11.1 Å². The van der Waals surface area contributed by atoms with Gasteiger partial charge in [0.2, 0.25) is 11.8 Å². The molecule has 0 spiro atoms. The van der Waals surface area contributed by atoms with E-state index in [1.165, 1.54) is 0 Å². The van der Waals surface area contributed by atoms with Gasteiger partial charge in [0.15, 0.2) is 0 Å². The molecule has 0 unspecified atom stereocenters. The number of para-hydroxylation sites is 1. The van der Waals surface area contributed by atoms with Crippen molar-refractivity contribution in [2.45, 2.75) is 12.8 Å². The number of H-pyrrole nitrogens is 1. The van der Waals surface area contributed by atoms with Crippen molar-refractivity contribution in [3.05, 3.63) is 70.3 Å². The Morgan fingerprint density at radius 1 is 0.917 bits per heavy atom. The number of rotatable bonds is 4. The lowest BCUT2D eigenvalue weighted by Crippen LogP contribution is -2.43. The summed E-state index contributed by atoms with van der Waals surface area (Å²) >= 11 is 3.35. The Balaban J connectivity index is 1.52. The second kappa shape index (κ2) is 7.31. The summed E-state index contributed by atoms with van der Waals surface area (Å²) in [6.45, 7) is 0. The lowest BCUT2D eigenvalue weighted by molar-refractivity contribution is -0.128. The van der Waals surface area contributed by atoms with Gasteiger partial charge in [-0.1, -0.05) is 46.3 Å². The predicted molar refractivity (Wildman–Crippen MR) is 96.1 cm³/mol. The third-order valence-electron chi connectivity index (χ3n) is 3.65. The van der Waals surface area contributed by atoms with E-state index in [1.54, 1.807) is 0 Å². The lowest BCUT2D eigenvalue weighted by Gasteiger charge is -2.07. The lowest BCUT2D eigenvalue weighted by atomic mass is 10.1. The molecule has 0 radical (unpaired) electrons. The van der Waals surface area contributed by atoms with Crippen LogP contribution in [-0.2, 0) is 22.4 Å². The Hall–Kier alpha value is -2.60. The van der Waals surface area contributed by atoms with Gasteiger partial charge in [-0.2, -0.15) is 0 Å². The van der Waals surface area contributed by atoms with Crippen LogP contribution < -0.4 is 10.9 Å². The van der Waals surface area contributed by atoms with Gasteiger partial charge in [-0.05, 0) is 29.3 Å². The van der Waals surface area contributed by atoms with Gasteiger partial charge in [0, 0.05) is 21.6 Å². The minimum absolute atomic E-state index is 0.197. The van der Waals surface area contributed by atoms with Crippen LogP contribution in [-0.4, -0.2) is 16.8 Å². The smallest absolute Gasteiger partial charge is 0.242 e. The Morgan fingerprint density at radius 3 is 2.33 bits per heavy atom. The summed E-state index contributed by atoms with van der Waals surface area (Å²) in [5, 5.41) is 1.01. The molecule has 3 aromatic rings.